The molecule has 0 amide bonds. The van der Waals surface area contributed by atoms with Crippen LogP contribution in [0.25, 0.3) is 11.0 Å². The van der Waals surface area contributed by atoms with Gasteiger partial charge in [0.1, 0.15) is 11.5 Å². The van der Waals surface area contributed by atoms with Crippen molar-refractivity contribution in [2.75, 3.05) is 0 Å². The van der Waals surface area contributed by atoms with Gasteiger partial charge in [-0.25, -0.2) is 9.97 Å². The first-order valence-electron chi connectivity index (χ1n) is 5.92. The Labute approximate surface area is 110 Å². The van der Waals surface area contributed by atoms with Crippen molar-refractivity contribution in [3.63, 3.8) is 0 Å². The highest BCUT2D eigenvalue weighted by Crippen LogP contribution is 2.29. The number of aromatic nitrogens is 2. The minimum Gasteiger partial charge on any atom is -0.508 e. The minimum atomic E-state index is 0.200. The van der Waals surface area contributed by atoms with Gasteiger partial charge in [0.25, 0.3) is 0 Å². The number of benzene rings is 2. The summed E-state index contributed by atoms with van der Waals surface area (Å²) in [7, 11) is 0. The third-order valence-electron chi connectivity index (χ3n) is 2.90. The number of fused-ring (bicyclic) bond motifs is 1. The van der Waals surface area contributed by atoms with Crippen molar-refractivity contribution in [2.45, 2.75) is 6.92 Å². The van der Waals surface area contributed by atoms with Gasteiger partial charge in [-0.05, 0) is 31.2 Å². The summed E-state index contributed by atoms with van der Waals surface area (Å²) in [5, 5.41) is 9.63. The van der Waals surface area contributed by atoms with Gasteiger partial charge in [-0.3, -0.25) is 0 Å². The molecule has 0 unspecified atom stereocenters. The third-order valence-corrected chi connectivity index (χ3v) is 2.90. The van der Waals surface area contributed by atoms with E-state index in [1.807, 2.05) is 24.3 Å². The zero-order chi connectivity index (χ0) is 13.2. The summed E-state index contributed by atoms with van der Waals surface area (Å²) in [6.45, 7) is 1.79. The van der Waals surface area contributed by atoms with E-state index in [0.29, 0.717) is 17.2 Å². The highest BCUT2D eigenvalue weighted by Gasteiger charge is 2.06. The molecule has 1 aromatic heterocycles. The van der Waals surface area contributed by atoms with E-state index in [1.165, 1.54) is 0 Å². The van der Waals surface area contributed by atoms with E-state index in [0.717, 1.165) is 11.0 Å². The average molecular weight is 252 g/mol. The van der Waals surface area contributed by atoms with E-state index in [4.69, 9.17) is 4.74 Å². The van der Waals surface area contributed by atoms with Crippen LogP contribution >= 0.6 is 0 Å². The Morgan fingerprint density at radius 2 is 1.79 bits per heavy atom. The second-order valence-corrected chi connectivity index (χ2v) is 4.20. The van der Waals surface area contributed by atoms with E-state index in [-0.39, 0.29) is 5.75 Å². The van der Waals surface area contributed by atoms with Crippen molar-refractivity contribution >= 4 is 11.0 Å². The molecule has 0 saturated carbocycles. The largest absolute Gasteiger partial charge is 0.508 e. The molecule has 0 aliphatic heterocycles. The van der Waals surface area contributed by atoms with Gasteiger partial charge >= 0.3 is 0 Å². The fourth-order valence-corrected chi connectivity index (χ4v) is 1.82. The van der Waals surface area contributed by atoms with Gasteiger partial charge in [0.05, 0.1) is 17.2 Å². The van der Waals surface area contributed by atoms with Crippen LogP contribution in [0.15, 0.2) is 48.7 Å². The van der Waals surface area contributed by atoms with Crippen LogP contribution in [0.5, 0.6) is 17.4 Å². The smallest absolute Gasteiger partial charge is 0.238 e. The molecule has 0 saturated heterocycles. The van der Waals surface area contributed by atoms with Crippen molar-refractivity contribution in [1.82, 2.24) is 9.97 Å². The lowest BCUT2D eigenvalue weighted by atomic mass is 10.2. The van der Waals surface area contributed by atoms with Gasteiger partial charge in [0.15, 0.2) is 0 Å². The first kappa shape index (κ1) is 11.5. The molecule has 0 atom stereocenters. The lowest BCUT2D eigenvalue weighted by Crippen LogP contribution is -1.92. The summed E-state index contributed by atoms with van der Waals surface area (Å²) >= 11 is 0. The molecule has 0 aliphatic carbocycles. The van der Waals surface area contributed by atoms with E-state index >= 15 is 0 Å². The number of hydrogen-bond donors (Lipinski definition) is 1. The van der Waals surface area contributed by atoms with Crippen LogP contribution in [0.2, 0.25) is 0 Å². The maximum Gasteiger partial charge on any atom is 0.238 e. The Kier molecular flexibility index (Phi) is 2.76. The van der Waals surface area contributed by atoms with Crippen LogP contribution in [0, 0.1) is 6.92 Å². The molecule has 94 valence electrons. The highest BCUT2D eigenvalue weighted by atomic mass is 16.5. The van der Waals surface area contributed by atoms with Gasteiger partial charge in [-0.15, -0.1) is 0 Å². The van der Waals surface area contributed by atoms with Crippen molar-refractivity contribution in [2.24, 2.45) is 0 Å². The normalized spacial score (nSPS) is 10.6. The van der Waals surface area contributed by atoms with Crippen LogP contribution in [0.1, 0.15) is 5.56 Å². The number of phenols is 1. The van der Waals surface area contributed by atoms with Gasteiger partial charge in [-0.1, -0.05) is 18.2 Å². The average Bonchev–Trinajstić information content (AvgIpc) is 2.44. The number of ether oxygens (including phenoxy) is 1. The molecule has 19 heavy (non-hydrogen) atoms. The SMILES string of the molecule is Cc1c(O)cccc1Oc1cnc2ccccc2n1. The lowest BCUT2D eigenvalue weighted by Gasteiger charge is -2.08. The highest BCUT2D eigenvalue weighted by molar-refractivity contribution is 5.74. The molecule has 0 radical (unpaired) electrons. The Morgan fingerprint density at radius 1 is 1.00 bits per heavy atom. The van der Waals surface area contributed by atoms with Crippen molar-refractivity contribution in [3.05, 3.63) is 54.2 Å². The van der Waals surface area contributed by atoms with Crippen LogP contribution in [0.3, 0.4) is 0 Å². The zero-order valence-electron chi connectivity index (χ0n) is 10.4. The summed E-state index contributed by atoms with van der Waals surface area (Å²) in [5.41, 5.74) is 2.28. The number of nitrogens with zero attached hydrogens (tertiary/aromatic N) is 2. The summed E-state index contributed by atoms with van der Waals surface area (Å²) in [5.74, 6) is 1.18. The van der Waals surface area contributed by atoms with Crippen molar-refractivity contribution in [1.29, 1.82) is 0 Å². The van der Waals surface area contributed by atoms with E-state index < -0.39 is 0 Å². The molecule has 0 spiro atoms. The quantitative estimate of drug-likeness (QED) is 0.759. The van der Waals surface area contributed by atoms with Crippen molar-refractivity contribution in [3.8, 4) is 17.4 Å². The molecule has 0 bridgehead atoms. The monoisotopic (exact) mass is 252 g/mol. The van der Waals surface area contributed by atoms with Gasteiger partial charge in [0.2, 0.25) is 5.88 Å². The maximum atomic E-state index is 9.63. The zero-order valence-corrected chi connectivity index (χ0v) is 10.4. The predicted molar refractivity (Wildman–Crippen MR) is 72.5 cm³/mol. The Balaban J connectivity index is 1.99. The molecule has 2 aromatic carbocycles. The standard InChI is InChI=1S/C15H12N2O2/c1-10-13(18)7-4-8-14(10)19-15-9-16-11-5-2-3-6-12(11)17-15/h2-9,18H,1H3. The topological polar surface area (TPSA) is 55.2 Å². The Hall–Kier alpha value is -2.62. The fourth-order valence-electron chi connectivity index (χ4n) is 1.82. The second-order valence-electron chi connectivity index (χ2n) is 4.20. The van der Waals surface area contributed by atoms with Crippen LogP contribution in [-0.4, -0.2) is 15.1 Å². The summed E-state index contributed by atoms with van der Waals surface area (Å²) in [4.78, 5) is 8.65. The minimum absolute atomic E-state index is 0.200. The molecule has 1 heterocycles. The number of hydrogen-bond acceptors (Lipinski definition) is 4. The number of rotatable bonds is 2. The second kappa shape index (κ2) is 4.57. The number of aromatic hydroxyl groups is 1. The summed E-state index contributed by atoms with van der Waals surface area (Å²) in [6, 6.07) is 12.7. The van der Waals surface area contributed by atoms with Crippen molar-refractivity contribution < 1.29 is 9.84 Å². The van der Waals surface area contributed by atoms with Crippen LogP contribution in [0.4, 0.5) is 0 Å². The third kappa shape index (κ3) is 2.20. The predicted octanol–water partition coefficient (Wildman–Crippen LogP) is 3.44. The first-order chi connectivity index (χ1) is 9.24. The number of para-hydroxylation sites is 2. The maximum absolute atomic E-state index is 9.63. The molecule has 1 N–H and O–H groups in total. The fraction of sp³-hybridized carbons (Fsp3) is 0.0667. The Bertz CT molecular complexity index is 741. The molecule has 3 rings (SSSR count). The van der Waals surface area contributed by atoms with Crippen LogP contribution < -0.4 is 4.74 Å². The lowest BCUT2D eigenvalue weighted by molar-refractivity contribution is 0.439. The molecule has 4 heteroatoms. The van der Waals surface area contributed by atoms with Gasteiger partial charge in [-0.2, -0.15) is 0 Å². The van der Waals surface area contributed by atoms with Gasteiger partial charge in [0, 0.05) is 5.56 Å². The molecule has 3 aromatic rings. The molecule has 0 fully saturated rings. The van der Waals surface area contributed by atoms with Crippen LogP contribution in [-0.2, 0) is 0 Å². The Morgan fingerprint density at radius 3 is 2.63 bits per heavy atom. The number of phenolic OH excluding ortho intramolecular Hbond substituents is 1. The van der Waals surface area contributed by atoms with E-state index in [9.17, 15) is 5.11 Å². The van der Waals surface area contributed by atoms with Gasteiger partial charge < -0.3 is 9.84 Å². The summed E-state index contributed by atoms with van der Waals surface area (Å²) < 4.78 is 5.66. The molecule has 4 nitrogen and oxygen atoms in total. The summed E-state index contributed by atoms with van der Waals surface area (Å²) in [6.07, 6.45) is 1.58. The molecular formula is C15H12N2O2. The van der Waals surface area contributed by atoms with E-state index in [1.54, 1.807) is 31.3 Å². The first-order valence-corrected chi connectivity index (χ1v) is 5.92. The molecule has 0 aliphatic rings. The van der Waals surface area contributed by atoms with E-state index in [2.05, 4.69) is 9.97 Å². The molecular weight excluding hydrogens is 240 g/mol.